The predicted octanol–water partition coefficient (Wildman–Crippen LogP) is 6.50. The summed E-state index contributed by atoms with van der Waals surface area (Å²) in [6.07, 6.45) is 16.0. The Morgan fingerprint density at radius 1 is 1.05 bits per heavy atom. The quantitative estimate of drug-likeness (QED) is 0.284. The first-order valence-electron chi connectivity index (χ1n) is 13.7. The second-order valence-electron chi connectivity index (χ2n) is 10.1. The van der Waals surface area contributed by atoms with E-state index in [1.54, 1.807) is 10.9 Å². The van der Waals surface area contributed by atoms with Gasteiger partial charge in [-0.05, 0) is 73.4 Å². The lowest BCUT2D eigenvalue weighted by Gasteiger charge is -2.27. The molecule has 0 fully saturated rings. The summed E-state index contributed by atoms with van der Waals surface area (Å²) < 4.78 is 7.70. The first-order chi connectivity index (χ1) is 19.0. The molecule has 2 N–H and O–H groups in total. The van der Waals surface area contributed by atoms with Crippen molar-refractivity contribution in [1.82, 2.24) is 15.1 Å². The van der Waals surface area contributed by atoms with E-state index in [4.69, 9.17) is 10.00 Å². The van der Waals surface area contributed by atoms with Crippen molar-refractivity contribution in [2.24, 2.45) is 7.05 Å². The minimum absolute atomic E-state index is 0.156. The molecule has 1 aromatic heterocycles. The zero-order valence-corrected chi connectivity index (χ0v) is 22.8. The Morgan fingerprint density at radius 3 is 2.54 bits per heavy atom. The van der Waals surface area contributed by atoms with Crippen LogP contribution in [0.2, 0.25) is 0 Å². The van der Waals surface area contributed by atoms with E-state index in [0.717, 1.165) is 49.3 Å². The van der Waals surface area contributed by atoms with Crippen molar-refractivity contribution < 1.29 is 9.84 Å². The lowest BCUT2D eigenvalue weighted by molar-refractivity contribution is 0.115. The normalized spacial score (nSPS) is 17.1. The van der Waals surface area contributed by atoms with Crippen LogP contribution in [0.4, 0.5) is 0 Å². The van der Waals surface area contributed by atoms with E-state index in [2.05, 4.69) is 53.8 Å². The van der Waals surface area contributed by atoms with E-state index in [9.17, 15) is 5.11 Å². The molecular weight excluding hydrogens is 484 g/mol. The van der Waals surface area contributed by atoms with Crippen LogP contribution in [0.1, 0.15) is 67.7 Å². The molecule has 0 bridgehead atoms. The van der Waals surface area contributed by atoms with Gasteiger partial charge in [0, 0.05) is 13.6 Å². The first kappa shape index (κ1) is 28.1. The van der Waals surface area contributed by atoms with Gasteiger partial charge in [-0.15, -0.1) is 0 Å². The molecule has 202 valence electrons. The van der Waals surface area contributed by atoms with E-state index >= 15 is 0 Å². The Labute approximate surface area is 231 Å². The van der Waals surface area contributed by atoms with Gasteiger partial charge in [0.25, 0.3) is 0 Å². The third-order valence-corrected chi connectivity index (χ3v) is 7.06. The van der Waals surface area contributed by atoms with Crippen molar-refractivity contribution >= 4 is 0 Å². The van der Waals surface area contributed by atoms with Crippen LogP contribution in [-0.2, 0) is 7.05 Å². The Balaban J connectivity index is 1.32. The number of ether oxygens (including phenoxy) is 1. The van der Waals surface area contributed by atoms with E-state index in [-0.39, 0.29) is 12.0 Å². The van der Waals surface area contributed by atoms with Gasteiger partial charge in [0.05, 0.1) is 36.2 Å². The molecule has 0 spiro atoms. The number of nitriles is 1. The van der Waals surface area contributed by atoms with Gasteiger partial charge in [-0.2, -0.15) is 10.4 Å². The molecule has 2 aromatic carbocycles. The number of nitrogens with one attached hydrogen (secondary N) is 1. The lowest BCUT2D eigenvalue weighted by Crippen LogP contribution is -2.34. The summed E-state index contributed by atoms with van der Waals surface area (Å²) in [5, 5.41) is 28.1. The topological polar surface area (TPSA) is 83.1 Å². The van der Waals surface area contributed by atoms with Crippen molar-refractivity contribution in [3.63, 3.8) is 0 Å². The van der Waals surface area contributed by atoms with Crippen molar-refractivity contribution in [3.8, 4) is 11.8 Å². The largest absolute Gasteiger partial charge is 0.454 e. The molecule has 1 aliphatic rings. The van der Waals surface area contributed by atoms with E-state index < -0.39 is 6.10 Å². The van der Waals surface area contributed by atoms with Crippen molar-refractivity contribution in [2.75, 3.05) is 6.54 Å². The Morgan fingerprint density at radius 2 is 1.82 bits per heavy atom. The molecule has 2 unspecified atom stereocenters. The number of hydrogen-bond donors (Lipinski definition) is 2. The van der Waals surface area contributed by atoms with Crippen LogP contribution in [0.25, 0.3) is 0 Å². The van der Waals surface area contributed by atoms with Gasteiger partial charge >= 0.3 is 0 Å². The summed E-state index contributed by atoms with van der Waals surface area (Å²) in [5.41, 5.74) is 4.19. The van der Waals surface area contributed by atoms with E-state index in [1.807, 2.05) is 61.8 Å². The van der Waals surface area contributed by atoms with Crippen LogP contribution in [0, 0.1) is 11.3 Å². The van der Waals surface area contributed by atoms with Gasteiger partial charge in [0.15, 0.2) is 5.75 Å². The fraction of sp³-hybridized carbons (Fsp3) is 0.333. The smallest absolute Gasteiger partial charge is 0.165 e. The molecule has 4 rings (SSSR count). The van der Waals surface area contributed by atoms with Crippen LogP contribution >= 0.6 is 0 Å². The maximum absolute atomic E-state index is 11.3. The fourth-order valence-electron chi connectivity index (χ4n) is 4.79. The molecular formula is C33H38N4O2. The van der Waals surface area contributed by atoms with Crippen molar-refractivity contribution in [3.05, 3.63) is 119 Å². The third kappa shape index (κ3) is 8.54. The number of allylic oxidation sites excluding steroid dienone is 5. The fourth-order valence-corrected chi connectivity index (χ4v) is 4.79. The summed E-state index contributed by atoms with van der Waals surface area (Å²) in [6.45, 7) is 2.89. The molecule has 0 aliphatic heterocycles. The number of benzene rings is 2. The molecule has 6 heteroatoms. The number of hydrogen-bond acceptors (Lipinski definition) is 5. The maximum atomic E-state index is 11.3. The molecule has 0 amide bonds. The molecule has 3 atom stereocenters. The molecule has 0 radical (unpaired) electrons. The highest BCUT2D eigenvalue weighted by Gasteiger charge is 2.21. The zero-order valence-electron chi connectivity index (χ0n) is 22.8. The summed E-state index contributed by atoms with van der Waals surface area (Å²) in [6, 6.07) is 19.9. The van der Waals surface area contributed by atoms with Crippen molar-refractivity contribution in [2.45, 2.75) is 57.1 Å². The Hall–Kier alpha value is -3.92. The van der Waals surface area contributed by atoms with Gasteiger partial charge in [0.1, 0.15) is 5.76 Å². The van der Waals surface area contributed by atoms with Crippen LogP contribution in [-0.4, -0.2) is 27.5 Å². The zero-order chi connectivity index (χ0) is 27.5. The third-order valence-electron chi connectivity index (χ3n) is 7.06. The number of rotatable bonds is 12. The van der Waals surface area contributed by atoms with E-state index in [0.29, 0.717) is 12.0 Å². The Kier molecular flexibility index (Phi) is 10.3. The molecule has 39 heavy (non-hydrogen) atoms. The molecule has 3 aromatic rings. The molecule has 6 nitrogen and oxygen atoms in total. The molecule has 1 heterocycles. The van der Waals surface area contributed by atoms with Gasteiger partial charge in [-0.25, -0.2) is 0 Å². The number of aliphatic hydroxyl groups is 1. The van der Waals surface area contributed by atoms with Gasteiger partial charge in [-0.3, -0.25) is 4.68 Å². The number of nitrogens with zero attached hydrogens (tertiary/aromatic N) is 3. The lowest BCUT2D eigenvalue weighted by atomic mass is 9.94. The standard InChI is InChI=1S/C33H38N4O2/c1-25(28-18-15-27(21-34)16-19-28)22-35-33(29-11-4-3-5-12-29)32(38)14-8-10-26-9-6-7-13-30(20-17-26)39-31-23-36-37(2)24-31/h3-5,9,11-13,15-20,23-25,32-33,35,38H,6-8,10,14,22H2,1-2H3/b20-17?,26-9?,30-13-/t25-,32?,33?/m1/s1. The molecule has 1 aliphatic carbocycles. The number of aryl methyl sites for hydroxylation is 1. The van der Waals surface area contributed by atoms with E-state index in [1.165, 1.54) is 11.1 Å². The predicted molar refractivity (Wildman–Crippen MR) is 155 cm³/mol. The summed E-state index contributed by atoms with van der Waals surface area (Å²) >= 11 is 0. The van der Waals surface area contributed by atoms with Gasteiger partial charge < -0.3 is 15.2 Å². The summed E-state index contributed by atoms with van der Waals surface area (Å²) in [4.78, 5) is 0. The monoisotopic (exact) mass is 522 g/mol. The second kappa shape index (κ2) is 14.3. The van der Waals surface area contributed by atoms with Crippen LogP contribution in [0.3, 0.4) is 0 Å². The SMILES string of the molecule is C[C@H](CNC(c1ccccc1)C(O)CCCC1=CCC/C=C(\Oc2cnn(C)c2)C=C1)c1ccc(C#N)cc1. The van der Waals surface area contributed by atoms with Crippen LogP contribution in [0.15, 0.2) is 103 Å². The van der Waals surface area contributed by atoms with Crippen LogP contribution < -0.4 is 10.1 Å². The first-order valence-corrected chi connectivity index (χ1v) is 13.7. The van der Waals surface area contributed by atoms with Crippen LogP contribution in [0.5, 0.6) is 5.75 Å². The number of aliphatic hydroxyl groups excluding tert-OH is 1. The van der Waals surface area contributed by atoms with Gasteiger partial charge in [0.2, 0.25) is 0 Å². The highest BCUT2D eigenvalue weighted by Crippen LogP contribution is 2.25. The van der Waals surface area contributed by atoms with Crippen molar-refractivity contribution in [1.29, 1.82) is 5.26 Å². The molecule has 0 saturated heterocycles. The maximum Gasteiger partial charge on any atom is 0.165 e. The van der Waals surface area contributed by atoms with Gasteiger partial charge in [-0.1, -0.05) is 67.1 Å². The minimum Gasteiger partial charge on any atom is -0.454 e. The number of aromatic nitrogens is 2. The average molecular weight is 523 g/mol. The Bertz CT molecular complexity index is 1320. The molecule has 0 saturated carbocycles. The minimum atomic E-state index is -0.511. The second-order valence-corrected chi connectivity index (χ2v) is 10.1. The summed E-state index contributed by atoms with van der Waals surface area (Å²) in [5.74, 6) is 1.81. The summed E-state index contributed by atoms with van der Waals surface area (Å²) in [7, 11) is 1.87. The highest BCUT2D eigenvalue weighted by molar-refractivity contribution is 5.33. The average Bonchev–Trinajstić information content (AvgIpc) is 3.36. The highest BCUT2D eigenvalue weighted by atomic mass is 16.5.